The lowest BCUT2D eigenvalue weighted by Crippen LogP contribution is -2.13. The number of nitrogens with zero attached hydrogens (tertiary/aromatic N) is 5. The van der Waals surface area contributed by atoms with Crippen LogP contribution in [0.25, 0.3) is 10.2 Å². The molecule has 3 aromatic heterocycles. The maximum atomic E-state index is 14.2. The van der Waals surface area contributed by atoms with Gasteiger partial charge in [0.25, 0.3) is 5.89 Å². The van der Waals surface area contributed by atoms with E-state index in [2.05, 4.69) is 25.3 Å². The molecule has 1 aromatic carbocycles. The van der Waals surface area contributed by atoms with Gasteiger partial charge < -0.3 is 18.7 Å². The van der Waals surface area contributed by atoms with Gasteiger partial charge in [-0.2, -0.15) is 0 Å². The number of benzene rings is 1. The van der Waals surface area contributed by atoms with Gasteiger partial charge in [-0.25, -0.2) is 9.37 Å². The van der Waals surface area contributed by atoms with Gasteiger partial charge in [-0.3, -0.25) is 4.98 Å². The first-order chi connectivity index (χ1) is 15.1. The molecule has 0 amide bonds. The lowest BCUT2D eigenvalue weighted by molar-refractivity contribution is 0.0759. The minimum atomic E-state index is -0.851. The predicted molar refractivity (Wildman–Crippen MR) is 111 cm³/mol. The number of hydrogen-bond acceptors (Lipinski definition) is 10. The third-order valence-corrected chi connectivity index (χ3v) is 5.08. The van der Waals surface area contributed by atoms with Crippen LogP contribution in [0.15, 0.2) is 46.4 Å². The van der Waals surface area contributed by atoms with Crippen LogP contribution < -0.4 is 4.74 Å². The molecule has 31 heavy (non-hydrogen) atoms. The van der Waals surface area contributed by atoms with E-state index < -0.39 is 11.9 Å². The largest absolute Gasteiger partial charge is 0.474 e. The van der Waals surface area contributed by atoms with E-state index in [0.717, 1.165) is 21.4 Å². The lowest BCUT2D eigenvalue weighted by Gasteiger charge is -2.16. The Morgan fingerprint density at radius 1 is 1.29 bits per heavy atom. The van der Waals surface area contributed by atoms with Gasteiger partial charge in [0.05, 0.1) is 39.9 Å². The number of rotatable bonds is 9. The van der Waals surface area contributed by atoms with Crippen molar-refractivity contribution in [2.75, 3.05) is 20.3 Å². The first-order valence-electron chi connectivity index (χ1n) is 9.23. The van der Waals surface area contributed by atoms with E-state index in [4.69, 9.17) is 18.7 Å². The zero-order chi connectivity index (χ0) is 21.6. The van der Waals surface area contributed by atoms with Crippen LogP contribution in [0.4, 0.5) is 4.39 Å². The highest BCUT2D eigenvalue weighted by Crippen LogP contribution is 2.31. The number of aryl methyl sites for hydroxylation is 1. The van der Waals surface area contributed by atoms with E-state index in [1.807, 2.05) is 19.1 Å². The average molecular weight is 443 g/mol. The van der Waals surface area contributed by atoms with Crippen molar-refractivity contribution in [1.82, 2.24) is 20.2 Å². The number of halogens is 1. The van der Waals surface area contributed by atoms with Crippen molar-refractivity contribution < 1.29 is 23.1 Å². The highest BCUT2D eigenvalue weighted by atomic mass is 32.1. The smallest absolute Gasteiger partial charge is 0.263 e. The summed E-state index contributed by atoms with van der Waals surface area (Å²) in [5, 5.41) is 12.4. The van der Waals surface area contributed by atoms with Gasteiger partial charge in [0.1, 0.15) is 18.2 Å². The summed E-state index contributed by atoms with van der Waals surface area (Å²) in [5.74, 6) is 0.177. The summed E-state index contributed by atoms with van der Waals surface area (Å²) < 4.78 is 31.5. The minimum absolute atomic E-state index is 0.170. The third-order valence-electron chi connectivity index (χ3n) is 4.14. The van der Waals surface area contributed by atoms with Crippen molar-refractivity contribution in [2.24, 2.45) is 5.16 Å². The Balaban J connectivity index is 1.62. The zero-order valence-electron chi connectivity index (χ0n) is 16.7. The average Bonchev–Trinajstić information content (AvgIpc) is 3.42. The van der Waals surface area contributed by atoms with Gasteiger partial charge >= 0.3 is 0 Å². The number of pyridine rings is 1. The van der Waals surface area contributed by atoms with Crippen molar-refractivity contribution in [3.8, 4) is 5.75 Å². The van der Waals surface area contributed by atoms with Crippen LogP contribution in [0.3, 0.4) is 0 Å². The quantitative estimate of drug-likeness (QED) is 0.219. The van der Waals surface area contributed by atoms with E-state index in [1.54, 1.807) is 24.5 Å². The molecule has 0 bridgehead atoms. The number of hydrogen-bond donors (Lipinski definition) is 0. The second-order valence-corrected chi connectivity index (χ2v) is 7.56. The maximum Gasteiger partial charge on any atom is 0.263 e. The van der Waals surface area contributed by atoms with Crippen LogP contribution in [-0.4, -0.2) is 46.7 Å². The van der Waals surface area contributed by atoms with Gasteiger partial charge in [-0.15, -0.1) is 21.5 Å². The zero-order valence-corrected chi connectivity index (χ0v) is 17.5. The van der Waals surface area contributed by atoms with Gasteiger partial charge in [0.15, 0.2) is 0 Å². The molecule has 11 heteroatoms. The lowest BCUT2D eigenvalue weighted by atomic mass is 10.1. The number of fused-ring (bicyclic) bond motifs is 1. The molecule has 0 fully saturated rings. The highest BCUT2D eigenvalue weighted by molar-refractivity contribution is 7.18. The maximum absolute atomic E-state index is 14.2. The van der Waals surface area contributed by atoms with Crippen LogP contribution in [0.5, 0.6) is 5.75 Å². The van der Waals surface area contributed by atoms with Crippen molar-refractivity contribution in [2.45, 2.75) is 13.0 Å². The summed E-state index contributed by atoms with van der Waals surface area (Å²) in [7, 11) is 1.55. The molecule has 0 aliphatic carbocycles. The van der Waals surface area contributed by atoms with E-state index in [1.165, 1.54) is 18.7 Å². The molecule has 1 atom stereocenters. The van der Waals surface area contributed by atoms with Crippen molar-refractivity contribution in [1.29, 1.82) is 0 Å². The Hall–Kier alpha value is -3.44. The summed E-state index contributed by atoms with van der Waals surface area (Å²) in [6.45, 7) is 2.56. The first-order valence-corrected chi connectivity index (χ1v) is 10.1. The van der Waals surface area contributed by atoms with Gasteiger partial charge in [-0.05, 0) is 31.2 Å². The number of thiazole rings is 1. The molecule has 0 N–H and O–H groups in total. The molecule has 160 valence electrons. The molecule has 0 saturated heterocycles. The number of aromatic nitrogens is 4. The SMILES string of the molecule is COCCO/N=C/c1cc(C(Oc2ccc3nc(C)sc3c2)c2nnco2)ncc1F. The fraction of sp³-hybridized carbons (Fsp3) is 0.250. The Bertz CT molecular complexity index is 1180. The molecule has 9 nitrogen and oxygen atoms in total. The standard InChI is InChI=1S/C20H18FN5O4S/c1-12-25-16-4-3-14(8-18(16)31-12)30-19(20-26-23-11-28-20)17-7-13(15(21)10-22-17)9-24-29-6-5-27-2/h3-4,7-11,19H,5-6H2,1-2H3/b24-9+. The van der Waals surface area contributed by atoms with Gasteiger partial charge in [-0.1, -0.05) is 5.16 Å². The molecule has 4 aromatic rings. The highest BCUT2D eigenvalue weighted by Gasteiger charge is 2.24. The Morgan fingerprint density at radius 3 is 3.00 bits per heavy atom. The summed E-state index contributed by atoms with van der Waals surface area (Å²) in [5.41, 5.74) is 1.42. The second-order valence-electron chi connectivity index (χ2n) is 6.33. The van der Waals surface area contributed by atoms with Crippen LogP contribution in [0.2, 0.25) is 0 Å². The topological polar surface area (TPSA) is 105 Å². The van der Waals surface area contributed by atoms with Crippen molar-refractivity contribution in [3.63, 3.8) is 0 Å². The summed E-state index contributed by atoms with van der Waals surface area (Å²) in [6.07, 6.45) is 2.68. The number of methoxy groups -OCH3 is 1. The second kappa shape index (κ2) is 9.58. The van der Waals surface area contributed by atoms with Crippen LogP contribution >= 0.6 is 11.3 Å². The molecule has 0 spiro atoms. The normalized spacial score (nSPS) is 12.5. The molecule has 3 heterocycles. The molecular formula is C20H18FN5O4S. The fourth-order valence-electron chi connectivity index (χ4n) is 2.74. The molecule has 4 rings (SSSR count). The molecule has 0 radical (unpaired) electrons. The summed E-state index contributed by atoms with van der Waals surface area (Å²) in [6, 6.07) is 7.02. The Labute approximate surface area is 180 Å². The third kappa shape index (κ3) is 5.01. The minimum Gasteiger partial charge on any atom is -0.474 e. The summed E-state index contributed by atoms with van der Waals surface area (Å²) in [4.78, 5) is 13.6. The van der Waals surface area contributed by atoms with Gasteiger partial charge in [0, 0.05) is 12.7 Å². The number of ether oxygens (including phenoxy) is 2. The number of oxime groups is 1. The van der Waals surface area contributed by atoms with E-state index in [0.29, 0.717) is 18.1 Å². The summed E-state index contributed by atoms with van der Waals surface area (Å²) >= 11 is 1.56. The fourth-order valence-corrected chi connectivity index (χ4v) is 3.60. The van der Waals surface area contributed by atoms with E-state index >= 15 is 0 Å². The molecule has 0 aliphatic rings. The Kier molecular flexibility index (Phi) is 6.43. The Morgan fingerprint density at radius 2 is 2.19 bits per heavy atom. The van der Waals surface area contributed by atoms with Crippen LogP contribution in [0.1, 0.15) is 28.3 Å². The first kappa shape index (κ1) is 20.8. The van der Waals surface area contributed by atoms with E-state index in [-0.39, 0.29) is 18.1 Å². The molecule has 0 saturated carbocycles. The van der Waals surface area contributed by atoms with Crippen LogP contribution in [0, 0.1) is 12.7 Å². The molecule has 0 aliphatic heterocycles. The van der Waals surface area contributed by atoms with E-state index in [9.17, 15) is 4.39 Å². The van der Waals surface area contributed by atoms with Crippen molar-refractivity contribution >= 4 is 27.8 Å². The molecule has 1 unspecified atom stereocenters. The molecular weight excluding hydrogens is 425 g/mol. The van der Waals surface area contributed by atoms with Crippen molar-refractivity contribution in [3.05, 3.63) is 64.8 Å². The van der Waals surface area contributed by atoms with Gasteiger partial charge in [0.2, 0.25) is 12.5 Å². The van der Waals surface area contributed by atoms with Crippen LogP contribution in [-0.2, 0) is 9.57 Å². The monoisotopic (exact) mass is 443 g/mol. The predicted octanol–water partition coefficient (Wildman–Crippen LogP) is 3.69.